The van der Waals surface area contributed by atoms with Crippen LogP contribution in [0.2, 0.25) is 0 Å². The van der Waals surface area contributed by atoms with E-state index in [9.17, 15) is 4.79 Å². The van der Waals surface area contributed by atoms with E-state index in [4.69, 9.17) is 4.42 Å². The van der Waals surface area contributed by atoms with Gasteiger partial charge in [0.15, 0.2) is 5.76 Å². The van der Waals surface area contributed by atoms with Gasteiger partial charge in [0, 0.05) is 30.0 Å². The predicted molar refractivity (Wildman–Crippen MR) is 110 cm³/mol. The molecule has 1 aliphatic heterocycles. The van der Waals surface area contributed by atoms with Crippen LogP contribution in [0.25, 0.3) is 11.3 Å². The van der Waals surface area contributed by atoms with Gasteiger partial charge in [0.1, 0.15) is 0 Å². The molecular formula is C22H24N4O2. The van der Waals surface area contributed by atoms with Crippen molar-refractivity contribution in [3.8, 4) is 11.3 Å². The molecule has 0 unspecified atom stereocenters. The molecule has 0 bridgehead atoms. The Bertz CT molecular complexity index is 917. The number of carbonyl (C=O) groups excluding carboxylic acids is 1. The Balaban J connectivity index is 1.32. The van der Waals surface area contributed by atoms with Crippen LogP contribution in [0.4, 0.5) is 16.2 Å². The summed E-state index contributed by atoms with van der Waals surface area (Å²) in [5.41, 5.74) is 2.89. The SMILES string of the molecule is O=C(NCc1ncc(-c2ccccc2)o1)Nc1cccc(N2CCCCC2)c1. The van der Waals surface area contributed by atoms with Gasteiger partial charge in [-0.15, -0.1) is 0 Å². The van der Waals surface area contributed by atoms with E-state index in [-0.39, 0.29) is 12.6 Å². The Kier molecular flexibility index (Phi) is 5.56. The van der Waals surface area contributed by atoms with Gasteiger partial charge in [0.2, 0.25) is 5.89 Å². The first kappa shape index (κ1) is 18.1. The van der Waals surface area contributed by atoms with E-state index >= 15 is 0 Å². The van der Waals surface area contributed by atoms with Crippen molar-refractivity contribution in [3.63, 3.8) is 0 Å². The fraction of sp³-hybridized carbons (Fsp3) is 0.273. The molecule has 6 heteroatoms. The summed E-state index contributed by atoms with van der Waals surface area (Å²) in [7, 11) is 0. The Morgan fingerprint density at radius 2 is 1.86 bits per heavy atom. The first-order valence-electron chi connectivity index (χ1n) is 9.68. The monoisotopic (exact) mass is 376 g/mol. The van der Waals surface area contributed by atoms with E-state index in [1.165, 1.54) is 19.3 Å². The molecule has 28 heavy (non-hydrogen) atoms. The molecule has 1 fully saturated rings. The summed E-state index contributed by atoms with van der Waals surface area (Å²) in [5, 5.41) is 5.68. The van der Waals surface area contributed by atoms with Crippen LogP contribution in [-0.4, -0.2) is 24.1 Å². The number of aromatic nitrogens is 1. The predicted octanol–water partition coefficient (Wildman–Crippen LogP) is 4.65. The van der Waals surface area contributed by atoms with Crippen LogP contribution >= 0.6 is 0 Å². The fourth-order valence-corrected chi connectivity index (χ4v) is 3.39. The molecule has 0 spiro atoms. The number of oxazole rings is 1. The number of anilines is 2. The largest absolute Gasteiger partial charge is 0.439 e. The lowest BCUT2D eigenvalue weighted by Crippen LogP contribution is -2.30. The van der Waals surface area contributed by atoms with E-state index in [0.717, 1.165) is 30.0 Å². The first-order chi connectivity index (χ1) is 13.8. The van der Waals surface area contributed by atoms with Crippen molar-refractivity contribution in [2.45, 2.75) is 25.8 Å². The van der Waals surface area contributed by atoms with Gasteiger partial charge in [-0.2, -0.15) is 0 Å². The number of nitrogens with one attached hydrogen (secondary N) is 2. The normalized spacial score (nSPS) is 13.9. The standard InChI is InChI=1S/C22H24N4O2/c27-22(24-16-21-23-15-20(28-21)17-8-3-1-4-9-17)25-18-10-7-11-19(14-18)26-12-5-2-6-13-26/h1,3-4,7-11,14-15H,2,5-6,12-13,16H2,(H2,24,25,27). The third-order valence-electron chi connectivity index (χ3n) is 4.84. The molecule has 6 nitrogen and oxygen atoms in total. The van der Waals surface area contributed by atoms with E-state index < -0.39 is 0 Å². The lowest BCUT2D eigenvalue weighted by molar-refractivity contribution is 0.250. The average molecular weight is 376 g/mol. The zero-order chi connectivity index (χ0) is 19.2. The van der Waals surface area contributed by atoms with Crippen LogP contribution in [0, 0.1) is 0 Å². The molecule has 4 rings (SSSR count). The maximum absolute atomic E-state index is 12.2. The maximum atomic E-state index is 12.2. The summed E-state index contributed by atoms with van der Waals surface area (Å²) in [4.78, 5) is 18.8. The van der Waals surface area contributed by atoms with Crippen molar-refractivity contribution in [2.24, 2.45) is 0 Å². The van der Waals surface area contributed by atoms with Gasteiger partial charge in [-0.25, -0.2) is 9.78 Å². The van der Waals surface area contributed by atoms with Crippen LogP contribution in [0.15, 0.2) is 65.2 Å². The number of nitrogens with zero attached hydrogens (tertiary/aromatic N) is 2. The molecule has 2 aromatic carbocycles. The fourth-order valence-electron chi connectivity index (χ4n) is 3.39. The summed E-state index contributed by atoms with van der Waals surface area (Å²) >= 11 is 0. The maximum Gasteiger partial charge on any atom is 0.319 e. The van der Waals surface area contributed by atoms with Crippen molar-refractivity contribution in [1.82, 2.24) is 10.3 Å². The van der Waals surface area contributed by atoms with Crippen molar-refractivity contribution in [3.05, 3.63) is 66.7 Å². The molecule has 2 N–H and O–H groups in total. The number of amides is 2. The lowest BCUT2D eigenvalue weighted by atomic mass is 10.1. The molecule has 1 aliphatic rings. The summed E-state index contributed by atoms with van der Waals surface area (Å²) in [5.74, 6) is 1.16. The smallest absolute Gasteiger partial charge is 0.319 e. The molecule has 0 radical (unpaired) electrons. The first-order valence-corrected chi connectivity index (χ1v) is 9.68. The van der Waals surface area contributed by atoms with Crippen molar-refractivity contribution < 1.29 is 9.21 Å². The molecule has 2 heterocycles. The Hall–Kier alpha value is -3.28. The molecule has 0 atom stereocenters. The van der Waals surface area contributed by atoms with Crippen LogP contribution in [0.5, 0.6) is 0 Å². The number of piperidine rings is 1. The highest BCUT2D eigenvalue weighted by atomic mass is 16.4. The number of carbonyl (C=O) groups is 1. The number of hydrogen-bond acceptors (Lipinski definition) is 4. The summed E-state index contributed by atoms with van der Waals surface area (Å²) in [6, 6.07) is 17.5. The summed E-state index contributed by atoms with van der Waals surface area (Å²) in [6.45, 7) is 2.37. The average Bonchev–Trinajstić information content (AvgIpc) is 3.23. The van der Waals surface area contributed by atoms with Crippen molar-refractivity contribution in [1.29, 1.82) is 0 Å². The molecule has 1 saturated heterocycles. The highest BCUT2D eigenvalue weighted by molar-refractivity contribution is 5.89. The lowest BCUT2D eigenvalue weighted by Gasteiger charge is -2.29. The third kappa shape index (κ3) is 4.52. The number of hydrogen-bond donors (Lipinski definition) is 2. The topological polar surface area (TPSA) is 70.4 Å². The van der Waals surface area contributed by atoms with Gasteiger partial charge < -0.3 is 20.0 Å². The van der Waals surface area contributed by atoms with Gasteiger partial charge in [-0.1, -0.05) is 36.4 Å². The minimum Gasteiger partial charge on any atom is -0.439 e. The van der Waals surface area contributed by atoms with Gasteiger partial charge in [-0.3, -0.25) is 0 Å². The highest BCUT2D eigenvalue weighted by Gasteiger charge is 2.12. The Morgan fingerprint density at radius 3 is 2.68 bits per heavy atom. The second-order valence-corrected chi connectivity index (χ2v) is 6.89. The molecule has 144 valence electrons. The van der Waals surface area contributed by atoms with Gasteiger partial charge in [0.25, 0.3) is 0 Å². The molecule has 1 aromatic heterocycles. The van der Waals surface area contributed by atoms with Gasteiger partial charge >= 0.3 is 6.03 Å². The van der Waals surface area contributed by atoms with Crippen molar-refractivity contribution in [2.75, 3.05) is 23.3 Å². The minimum absolute atomic E-state index is 0.227. The molecule has 0 aliphatic carbocycles. The van der Waals surface area contributed by atoms with E-state index in [2.05, 4.69) is 26.6 Å². The Morgan fingerprint density at radius 1 is 1.04 bits per heavy atom. The summed E-state index contributed by atoms with van der Waals surface area (Å²) < 4.78 is 5.71. The quantitative estimate of drug-likeness (QED) is 0.680. The molecular weight excluding hydrogens is 352 g/mol. The van der Waals surface area contributed by atoms with Gasteiger partial charge in [-0.05, 0) is 37.5 Å². The van der Waals surface area contributed by atoms with Crippen LogP contribution in [0.3, 0.4) is 0 Å². The van der Waals surface area contributed by atoms with E-state index in [1.807, 2.05) is 48.5 Å². The number of benzene rings is 2. The Labute approximate surface area is 164 Å². The summed E-state index contributed by atoms with van der Waals surface area (Å²) in [6.07, 6.45) is 5.41. The second-order valence-electron chi connectivity index (χ2n) is 6.89. The zero-order valence-corrected chi connectivity index (χ0v) is 15.7. The highest BCUT2D eigenvalue weighted by Crippen LogP contribution is 2.23. The van der Waals surface area contributed by atoms with Crippen LogP contribution < -0.4 is 15.5 Å². The molecule has 3 aromatic rings. The van der Waals surface area contributed by atoms with Gasteiger partial charge in [0.05, 0.1) is 12.7 Å². The van der Waals surface area contributed by atoms with Crippen LogP contribution in [-0.2, 0) is 6.54 Å². The second kappa shape index (κ2) is 8.61. The molecule has 2 amide bonds. The van der Waals surface area contributed by atoms with E-state index in [0.29, 0.717) is 11.7 Å². The number of urea groups is 1. The third-order valence-corrected chi connectivity index (χ3v) is 4.84. The minimum atomic E-state index is -0.282. The number of rotatable bonds is 5. The van der Waals surface area contributed by atoms with Crippen molar-refractivity contribution >= 4 is 17.4 Å². The zero-order valence-electron chi connectivity index (χ0n) is 15.7. The van der Waals surface area contributed by atoms with Crippen LogP contribution in [0.1, 0.15) is 25.2 Å². The molecule has 0 saturated carbocycles. The van der Waals surface area contributed by atoms with E-state index in [1.54, 1.807) is 6.20 Å².